The molecule has 0 aliphatic carbocycles. The minimum atomic E-state index is -0.704. The number of nitrogens with zero attached hydrogens (tertiary/aromatic N) is 2. The van der Waals surface area contributed by atoms with Crippen molar-refractivity contribution >= 4 is 46.1 Å². The van der Waals surface area contributed by atoms with Gasteiger partial charge in [-0.3, -0.25) is 19.7 Å². The van der Waals surface area contributed by atoms with E-state index in [-0.39, 0.29) is 18.0 Å². The summed E-state index contributed by atoms with van der Waals surface area (Å²) in [4.78, 5) is 49.7. The summed E-state index contributed by atoms with van der Waals surface area (Å²) in [6, 6.07) is 23.7. The number of nitro groups is 1. The average Bonchev–Trinajstić information content (AvgIpc) is 3.20. The van der Waals surface area contributed by atoms with Gasteiger partial charge in [-0.25, -0.2) is 9.69 Å². The third kappa shape index (κ3) is 5.65. The quantitative estimate of drug-likeness (QED) is 0.138. The predicted molar refractivity (Wildman–Crippen MR) is 149 cm³/mol. The van der Waals surface area contributed by atoms with Crippen molar-refractivity contribution in [3.05, 3.63) is 117 Å². The summed E-state index contributed by atoms with van der Waals surface area (Å²) in [5, 5.41) is 17.9. The first kappa shape index (κ1) is 26.1. The lowest BCUT2D eigenvalue weighted by atomic mass is 10.0. The van der Waals surface area contributed by atoms with Crippen molar-refractivity contribution in [3.8, 4) is 5.75 Å². The topological polar surface area (TPSA) is 131 Å². The molecule has 0 spiro atoms. The molecule has 0 aromatic heterocycles. The van der Waals surface area contributed by atoms with Gasteiger partial charge in [0.05, 0.1) is 4.92 Å². The second-order valence-electron chi connectivity index (χ2n) is 9.21. The zero-order valence-corrected chi connectivity index (χ0v) is 21.4. The maximum atomic E-state index is 13.2. The molecular weight excluding hydrogens is 512 g/mol. The lowest BCUT2D eigenvalue weighted by Gasteiger charge is -2.13. The molecule has 10 nitrogen and oxygen atoms in total. The van der Waals surface area contributed by atoms with E-state index in [4.69, 9.17) is 4.74 Å². The number of carbonyl (C=O) groups excluding carboxylic acids is 3. The number of hydrogen-bond donors (Lipinski definition) is 2. The summed E-state index contributed by atoms with van der Waals surface area (Å²) in [6.07, 6.45) is 1.53. The fraction of sp³-hybridized carbons (Fsp3) is 0.100. The van der Waals surface area contributed by atoms with E-state index in [1.54, 1.807) is 36.4 Å². The summed E-state index contributed by atoms with van der Waals surface area (Å²) in [6.45, 7) is 1.56. The Labute approximate surface area is 229 Å². The summed E-state index contributed by atoms with van der Waals surface area (Å²) in [5.74, 6) is -0.700. The third-order valence-electron chi connectivity index (χ3n) is 6.33. The van der Waals surface area contributed by atoms with Crippen molar-refractivity contribution < 1.29 is 24.0 Å². The highest BCUT2D eigenvalue weighted by Crippen LogP contribution is 2.31. The van der Waals surface area contributed by atoms with Crippen LogP contribution in [-0.4, -0.2) is 34.2 Å². The molecule has 5 rings (SSSR count). The van der Waals surface area contributed by atoms with E-state index in [0.717, 1.165) is 21.2 Å². The second kappa shape index (κ2) is 11.1. The highest BCUT2D eigenvalue weighted by Gasteiger charge is 2.35. The molecule has 10 heteroatoms. The summed E-state index contributed by atoms with van der Waals surface area (Å²) in [7, 11) is 0. The van der Waals surface area contributed by atoms with Crippen molar-refractivity contribution in [1.29, 1.82) is 0 Å². The normalized spacial score (nSPS) is 13.9. The van der Waals surface area contributed by atoms with Gasteiger partial charge in [0.25, 0.3) is 11.6 Å². The maximum Gasteiger partial charge on any atom is 0.329 e. The molecule has 0 radical (unpaired) electrons. The van der Waals surface area contributed by atoms with Gasteiger partial charge in [-0.2, -0.15) is 0 Å². The first-order valence-corrected chi connectivity index (χ1v) is 12.4. The van der Waals surface area contributed by atoms with Crippen LogP contribution < -0.4 is 15.4 Å². The van der Waals surface area contributed by atoms with E-state index in [2.05, 4.69) is 10.6 Å². The van der Waals surface area contributed by atoms with Gasteiger partial charge in [0, 0.05) is 23.4 Å². The molecule has 0 unspecified atom stereocenters. The van der Waals surface area contributed by atoms with E-state index in [1.165, 1.54) is 18.2 Å². The van der Waals surface area contributed by atoms with Gasteiger partial charge in [-0.15, -0.1) is 0 Å². The van der Waals surface area contributed by atoms with Crippen LogP contribution in [0.15, 0.2) is 90.6 Å². The van der Waals surface area contributed by atoms with E-state index in [0.29, 0.717) is 22.6 Å². The highest BCUT2D eigenvalue weighted by atomic mass is 16.6. The monoisotopic (exact) mass is 536 g/mol. The predicted octanol–water partition coefficient (Wildman–Crippen LogP) is 5.17. The van der Waals surface area contributed by atoms with Crippen LogP contribution in [-0.2, 0) is 16.2 Å². The zero-order valence-electron chi connectivity index (χ0n) is 21.4. The Balaban J connectivity index is 1.38. The number of rotatable bonds is 8. The number of amides is 4. The molecule has 1 aliphatic rings. The van der Waals surface area contributed by atoms with Gasteiger partial charge >= 0.3 is 6.03 Å². The molecule has 4 amide bonds. The Hall–Kier alpha value is -5.51. The van der Waals surface area contributed by atoms with E-state index in [1.807, 2.05) is 43.3 Å². The van der Waals surface area contributed by atoms with Crippen molar-refractivity contribution in [2.75, 3.05) is 11.9 Å². The van der Waals surface area contributed by atoms with Crippen molar-refractivity contribution in [2.45, 2.75) is 13.5 Å². The number of hydrogen-bond acceptors (Lipinski definition) is 6. The minimum Gasteiger partial charge on any atom is -0.488 e. The molecular formula is C30H24N4O6. The van der Waals surface area contributed by atoms with Crippen LogP contribution in [0.4, 0.5) is 16.2 Å². The van der Waals surface area contributed by atoms with Crippen molar-refractivity contribution in [2.24, 2.45) is 0 Å². The lowest BCUT2D eigenvalue weighted by molar-refractivity contribution is -0.384. The fourth-order valence-electron chi connectivity index (χ4n) is 4.35. The number of nitro benzene ring substituents is 1. The van der Waals surface area contributed by atoms with Crippen molar-refractivity contribution in [1.82, 2.24) is 10.2 Å². The number of fused-ring (bicyclic) bond motifs is 1. The Kier molecular flexibility index (Phi) is 7.23. The molecule has 40 heavy (non-hydrogen) atoms. The number of carbonyl (C=O) groups is 3. The van der Waals surface area contributed by atoms with Gasteiger partial charge in [-0.1, -0.05) is 42.5 Å². The number of anilines is 1. The van der Waals surface area contributed by atoms with Crippen LogP contribution in [0.5, 0.6) is 5.75 Å². The van der Waals surface area contributed by atoms with Crippen LogP contribution in [0.2, 0.25) is 0 Å². The molecule has 4 aromatic rings. The number of benzene rings is 4. The first-order valence-electron chi connectivity index (χ1n) is 12.4. The maximum absolute atomic E-state index is 13.2. The van der Waals surface area contributed by atoms with E-state index in [9.17, 15) is 24.5 Å². The third-order valence-corrected chi connectivity index (χ3v) is 6.33. The molecule has 0 atom stereocenters. The number of imide groups is 1. The van der Waals surface area contributed by atoms with Crippen molar-refractivity contribution in [3.63, 3.8) is 0 Å². The first-order chi connectivity index (χ1) is 19.3. The van der Waals surface area contributed by atoms with E-state index < -0.39 is 29.3 Å². The molecule has 1 fully saturated rings. The van der Waals surface area contributed by atoms with Crippen LogP contribution in [0.3, 0.4) is 0 Å². The Bertz CT molecular complexity index is 1680. The lowest BCUT2D eigenvalue weighted by Crippen LogP contribution is -2.38. The molecule has 2 N–H and O–H groups in total. The molecule has 200 valence electrons. The van der Waals surface area contributed by atoms with Gasteiger partial charge < -0.3 is 15.4 Å². The molecule has 1 saturated heterocycles. The van der Waals surface area contributed by atoms with E-state index >= 15 is 0 Å². The van der Waals surface area contributed by atoms with Crippen LogP contribution >= 0.6 is 0 Å². The number of urea groups is 1. The van der Waals surface area contributed by atoms with Crippen LogP contribution in [0, 0.1) is 17.0 Å². The van der Waals surface area contributed by atoms with Gasteiger partial charge in [0.15, 0.2) is 0 Å². The number of non-ortho nitro benzene ring substituents is 1. The smallest absolute Gasteiger partial charge is 0.329 e. The van der Waals surface area contributed by atoms with Gasteiger partial charge in [0.2, 0.25) is 5.91 Å². The largest absolute Gasteiger partial charge is 0.488 e. The fourth-order valence-corrected chi connectivity index (χ4v) is 4.35. The van der Waals surface area contributed by atoms with Crippen LogP contribution in [0.25, 0.3) is 16.8 Å². The standard InChI is InChI=1S/C30H24N4O6/c1-19-5-4-7-22(15-19)31-28(35)17-33-29(36)26(32-30(33)37)16-25-24-8-3-2-6-21(24)11-14-27(25)40-18-20-9-12-23(13-10-20)34(38)39/h2-16H,17-18H2,1H3,(H,31,35)(H,32,37)/b26-16+. The number of aryl methyl sites for hydroxylation is 1. The molecule has 0 bridgehead atoms. The molecule has 4 aromatic carbocycles. The minimum absolute atomic E-state index is 0.00453. The average molecular weight is 537 g/mol. The Morgan fingerprint density at radius 1 is 1.02 bits per heavy atom. The second-order valence-corrected chi connectivity index (χ2v) is 9.21. The molecule has 1 aliphatic heterocycles. The Morgan fingerprint density at radius 2 is 1.80 bits per heavy atom. The molecule has 0 saturated carbocycles. The number of nitrogens with one attached hydrogen (secondary N) is 2. The number of ether oxygens (including phenoxy) is 1. The molecule has 1 heterocycles. The summed E-state index contributed by atoms with van der Waals surface area (Å²) in [5.41, 5.74) is 2.79. The Morgan fingerprint density at radius 3 is 2.55 bits per heavy atom. The highest BCUT2D eigenvalue weighted by molar-refractivity contribution is 6.16. The van der Waals surface area contributed by atoms with Gasteiger partial charge in [-0.05, 0) is 65.2 Å². The summed E-state index contributed by atoms with van der Waals surface area (Å²) >= 11 is 0. The summed E-state index contributed by atoms with van der Waals surface area (Å²) < 4.78 is 6.06. The van der Waals surface area contributed by atoms with Gasteiger partial charge in [0.1, 0.15) is 24.6 Å². The SMILES string of the molecule is Cc1cccc(NC(=O)CN2C(=O)N/C(=C/c3c(OCc4ccc([N+](=O)[O-])cc4)ccc4ccccc34)C2=O)c1. The zero-order chi connectivity index (χ0) is 28.2. The van der Waals surface area contributed by atoms with Crippen LogP contribution in [0.1, 0.15) is 16.7 Å².